The fraction of sp³-hybridized carbons (Fsp3) is 0.235. The second kappa shape index (κ2) is 9.40. The first-order chi connectivity index (χ1) is 13.0. The summed E-state index contributed by atoms with van der Waals surface area (Å²) in [6.45, 7) is 0.321. The van der Waals surface area contributed by atoms with Crippen LogP contribution in [-0.4, -0.2) is 53.9 Å². The van der Waals surface area contributed by atoms with E-state index in [9.17, 15) is 19.2 Å². The zero-order valence-electron chi connectivity index (χ0n) is 14.4. The Morgan fingerprint density at radius 2 is 2.11 bits per heavy atom. The summed E-state index contributed by atoms with van der Waals surface area (Å²) in [5.41, 5.74) is 0.131. The molecule has 2 N–H and O–H groups in total. The number of ether oxygens (including phenoxy) is 1. The van der Waals surface area contributed by atoms with Gasteiger partial charge in [-0.05, 0) is 12.1 Å². The van der Waals surface area contributed by atoms with Crippen LogP contribution >= 0.6 is 11.8 Å². The van der Waals surface area contributed by atoms with Crippen LogP contribution in [0.3, 0.4) is 0 Å². The molecule has 27 heavy (non-hydrogen) atoms. The Hall–Kier alpha value is -3.32. The van der Waals surface area contributed by atoms with Crippen LogP contribution in [0.2, 0.25) is 0 Å². The summed E-state index contributed by atoms with van der Waals surface area (Å²) < 4.78 is 4.65. The third-order valence-electron chi connectivity index (χ3n) is 3.51. The number of hydrogen-bond donors (Lipinski definition) is 2. The van der Waals surface area contributed by atoms with Gasteiger partial charge in [-0.1, -0.05) is 23.9 Å². The molecule has 0 radical (unpaired) electrons. The van der Waals surface area contributed by atoms with Crippen molar-refractivity contribution in [1.82, 2.24) is 10.2 Å². The quantitative estimate of drug-likeness (QED) is 0.308. The topological polar surface area (TPSA) is 129 Å². The summed E-state index contributed by atoms with van der Waals surface area (Å²) in [6.07, 6.45) is 1.19. The minimum Gasteiger partial charge on any atom is -0.465 e. The zero-order valence-corrected chi connectivity index (χ0v) is 15.2. The van der Waals surface area contributed by atoms with E-state index in [-0.39, 0.29) is 46.8 Å². The van der Waals surface area contributed by atoms with Crippen molar-refractivity contribution < 1.29 is 23.9 Å². The Kier molecular flexibility index (Phi) is 6.96. The van der Waals surface area contributed by atoms with Gasteiger partial charge in [0.1, 0.15) is 11.6 Å². The van der Waals surface area contributed by atoms with Gasteiger partial charge in [-0.2, -0.15) is 5.26 Å². The van der Waals surface area contributed by atoms with Gasteiger partial charge in [0.25, 0.3) is 11.1 Å². The first kappa shape index (κ1) is 20.0. The highest BCUT2D eigenvalue weighted by molar-refractivity contribution is 8.14. The van der Waals surface area contributed by atoms with Crippen molar-refractivity contribution >= 4 is 40.5 Å². The summed E-state index contributed by atoms with van der Waals surface area (Å²) in [5, 5.41) is 14.1. The number of para-hydroxylation sites is 1. The van der Waals surface area contributed by atoms with E-state index < -0.39 is 11.9 Å². The van der Waals surface area contributed by atoms with Gasteiger partial charge in [0.15, 0.2) is 0 Å². The summed E-state index contributed by atoms with van der Waals surface area (Å²) in [5.74, 6) is -1.48. The monoisotopic (exact) mass is 388 g/mol. The molecule has 0 unspecified atom stereocenters. The van der Waals surface area contributed by atoms with Crippen molar-refractivity contribution in [2.45, 2.75) is 0 Å². The molecule has 0 bridgehead atoms. The molecule has 1 fully saturated rings. The van der Waals surface area contributed by atoms with E-state index in [4.69, 9.17) is 5.26 Å². The third kappa shape index (κ3) is 5.08. The van der Waals surface area contributed by atoms with Gasteiger partial charge >= 0.3 is 5.97 Å². The number of hydrogen-bond acceptors (Lipinski definition) is 8. The van der Waals surface area contributed by atoms with Gasteiger partial charge in [0.2, 0.25) is 5.91 Å². The minimum atomic E-state index is -0.717. The van der Waals surface area contributed by atoms with Crippen molar-refractivity contribution in [3.8, 4) is 6.07 Å². The first-order valence-corrected chi connectivity index (χ1v) is 8.76. The van der Waals surface area contributed by atoms with Crippen molar-refractivity contribution in [2.24, 2.45) is 0 Å². The molecule has 1 saturated heterocycles. The van der Waals surface area contributed by atoms with Crippen molar-refractivity contribution in [3.05, 3.63) is 41.6 Å². The molecule has 1 aliphatic heterocycles. The predicted octanol–water partition coefficient (Wildman–Crippen LogP) is 1.10. The number of esters is 1. The summed E-state index contributed by atoms with van der Waals surface area (Å²) in [6, 6.07) is 7.98. The van der Waals surface area contributed by atoms with Crippen LogP contribution in [-0.2, 0) is 14.3 Å². The van der Waals surface area contributed by atoms with Gasteiger partial charge in [0, 0.05) is 19.3 Å². The normalized spacial score (nSPS) is 13.9. The number of carbonyl (C=O) groups is 4. The zero-order chi connectivity index (χ0) is 19.8. The number of nitrogens with one attached hydrogen (secondary N) is 2. The van der Waals surface area contributed by atoms with E-state index >= 15 is 0 Å². The number of nitriles is 1. The van der Waals surface area contributed by atoms with E-state index in [1.165, 1.54) is 25.4 Å². The van der Waals surface area contributed by atoms with Crippen molar-refractivity contribution in [2.75, 3.05) is 31.3 Å². The number of carbonyl (C=O) groups excluding carboxylic acids is 4. The molecule has 140 valence electrons. The molecule has 1 aromatic carbocycles. The lowest BCUT2D eigenvalue weighted by atomic mass is 10.1. The summed E-state index contributed by atoms with van der Waals surface area (Å²) in [4.78, 5) is 48.0. The highest BCUT2D eigenvalue weighted by atomic mass is 32.2. The number of anilines is 1. The van der Waals surface area contributed by atoms with Crippen molar-refractivity contribution in [1.29, 1.82) is 5.26 Å². The van der Waals surface area contributed by atoms with Crippen LogP contribution in [0.4, 0.5) is 10.5 Å². The van der Waals surface area contributed by atoms with Crippen LogP contribution in [0.15, 0.2) is 36.0 Å². The molecule has 0 atom stereocenters. The van der Waals surface area contributed by atoms with Crippen LogP contribution in [0, 0.1) is 11.3 Å². The number of thioether (sulfide) groups is 1. The Bertz CT molecular complexity index is 830. The average molecular weight is 388 g/mol. The Morgan fingerprint density at radius 3 is 2.74 bits per heavy atom. The maximum atomic E-state index is 12.2. The standard InChI is InChI=1S/C17H16N4O5S/c1-26-16(24)12-4-2-3-5-13(12)20-15(23)11(8-18)9-19-6-7-21-14(22)10-27-17(21)25/h2-5,9,19H,6-7,10H2,1H3,(H,20,23)/b11-9-. The molecule has 3 amide bonds. The lowest BCUT2D eigenvalue weighted by Crippen LogP contribution is -2.34. The Morgan fingerprint density at radius 1 is 1.37 bits per heavy atom. The average Bonchev–Trinajstić information content (AvgIpc) is 2.99. The van der Waals surface area contributed by atoms with E-state index in [0.29, 0.717) is 0 Å². The number of nitrogens with zero attached hydrogens (tertiary/aromatic N) is 2. The van der Waals surface area contributed by atoms with Gasteiger partial charge in [-0.15, -0.1) is 0 Å². The SMILES string of the molecule is COC(=O)c1ccccc1NC(=O)/C(C#N)=C\NCCN1C(=O)CSC1=O. The molecular formula is C17H16N4O5S. The molecule has 0 aliphatic carbocycles. The van der Waals surface area contributed by atoms with E-state index in [1.807, 2.05) is 0 Å². The van der Waals surface area contributed by atoms with Gasteiger partial charge in [-0.3, -0.25) is 19.3 Å². The van der Waals surface area contributed by atoms with Crippen LogP contribution in [0.1, 0.15) is 10.4 Å². The Labute approximate surface area is 159 Å². The molecule has 1 aliphatic rings. The molecule has 1 aromatic rings. The molecule has 0 saturated carbocycles. The summed E-state index contributed by atoms with van der Waals surface area (Å²) in [7, 11) is 1.22. The van der Waals surface area contributed by atoms with Crippen molar-refractivity contribution in [3.63, 3.8) is 0 Å². The smallest absolute Gasteiger partial charge is 0.339 e. The molecule has 1 heterocycles. The maximum Gasteiger partial charge on any atom is 0.339 e. The fourth-order valence-electron chi connectivity index (χ4n) is 2.17. The number of benzene rings is 1. The van der Waals surface area contributed by atoms with Gasteiger partial charge in [0.05, 0.1) is 24.1 Å². The highest BCUT2D eigenvalue weighted by Crippen LogP contribution is 2.18. The second-order valence-corrected chi connectivity index (χ2v) is 6.14. The van der Waals surface area contributed by atoms with Crippen LogP contribution in [0.25, 0.3) is 0 Å². The van der Waals surface area contributed by atoms with Crippen LogP contribution < -0.4 is 10.6 Å². The second-order valence-electron chi connectivity index (χ2n) is 5.22. The van der Waals surface area contributed by atoms with Gasteiger partial charge in [-0.25, -0.2) is 4.79 Å². The largest absolute Gasteiger partial charge is 0.465 e. The number of amides is 3. The molecular weight excluding hydrogens is 372 g/mol. The lowest BCUT2D eigenvalue weighted by molar-refractivity contribution is -0.124. The highest BCUT2D eigenvalue weighted by Gasteiger charge is 2.29. The van der Waals surface area contributed by atoms with Crippen LogP contribution in [0.5, 0.6) is 0 Å². The lowest BCUT2D eigenvalue weighted by Gasteiger charge is -2.12. The predicted molar refractivity (Wildman–Crippen MR) is 97.7 cm³/mol. The first-order valence-electron chi connectivity index (χ1n) is 7.77. The fourth-order valence-corrected chi connectivity index (χ4v) is 2.92. The molecule has 10 heteroatoms. The number of imide groups is 1. The van der Waals surface area contributed by atoms with E-state index in [2.05, 4.69) is 15.4 Å². The third-order valence-corrected chi connectivity index (χ3v) is 4.37. The number of methoxy groups -OCH3 is 1. The Balaban J connectivity index is 1.97. The van der Waals surface area contributed by atoms with Gasteiger partial charge < -0.3 is 15.4 Å². The van der Waals surface area contributed by atoms with E-state index in [1.54, 1.807) is 18.2 Å². The minimum absolute atomic E-state index is 0.125. The number of rotatable bonds is 7. The molecule has 0 spiro atoms. The van der Waals surface area contributed by atoms with E-state index in [0.717, 1.165) is 16.7 Å². The molecule has 2 rings (SSSR count). The molecule has 0 aromatic heterocycles. The molecule has 9 nitrogen and oxygen atoms in total. The maximum absolute atomic E-state index is 12.2. The summed E-state index contributed by atoms with van der Waals surface area (Å²) >= 11 is 0.934.